The number of hydrogen-bond acceptors (Lipinski definition) is 8. The summed E-state index contributed by atoms with van der Waals surface area (Å²) in [7, 11) is 1.28. The fourth-order valence-electron chi connectivity index (χ4n) is 5.47. The zero-order valence-corrected chi connectivity index (χ0v) is 23.4. The topological polar surface area (TPSA) is 112 Å². The average Bonchev–Trinajstić information content (AvgIpc) is 3.37. The maximum absolute atomic E-state index is 14.4. The van der Waals surface area contributed by atoms with Crippen molar-refractivity contribution in [1.29, 1.82) is 0 Å². The lowest BCUT2D eigenvalue weighted by atomic mass is 9.49. The van der Waals surface area contributed by atoms with Crippen LogP contribution in [0.15, 0.2) is 90.3 Å². The first-order valence-corrected chi connectivity index (χ1v) is 13.6. The molecule has 3 N–H and O–H groups in total. The number of nitrogens with two attached hydrogens (primary N) is 1. The third kappa shape index (κ3) is 5.20. The standard InChI is InChI=1S/C31H34N2O5S/c1-28(2,3)38-27(35)29(18-12-7-13-19-29)31(22-14-8-5-9-15-22,23-16-10-6-11-17-23)30(32,36)20-25-33-24(21-39-25)26(34)37-4/h5-18,21,36H,19-20,32H2,1-4H3. The summed E-state index contributed by atoms with van der Waals surface area (Å²) in [5.41, 5.74) is 2.60. The third-order valence-electron chi connectivity index (χ3n) is 6.93. The van der Waals surface area contributed by atoms with Crippen LogP contribution in [-0.4, -0.2) is 40.5 Å². The number of esters is 2. The molecular weight excluding hydrogens is 512 g/mol. The van der Waals surface area contributed by atoms with Gasteiger partial charge < -0.3 is 20.3 Å². The number of ether oxygens (including phenoxy) is 2. The van der Waals surface area contributed by atoms with Crippen LogP contribution in [-0.2, 0) is 26.1 Å². The van der Waals surface area contributed by atoms with Crippen molar-refractivity contribution in [2.75, 3.05) is 7.11 Å². The zero-order chi connectivity index (χ0) is 28.3. The van der Waals surface area contributed by atoms with Gasteiger partial charge in [0.25, 0.3) is 0 Å². The minimum atomic E-state index is -2.09. The number of carbonyl (C=O) groups is 2. The van der Waals surface area contributed by atoms with E-state index < -0.39 is 34.1 Å². The molecular formula is C31H34N2O5S. The van der Waals surface area contributed by atoms with Gasteiger partial charge in [0.1, 0.15) is 16.7 Å². The summed E-state index contributed by atoms with van der Waals surface area (Å²) in [6, 6.07) is 18.6. The van der Waals surface area contributed by atoms with Crippen molar-refractivity contribution in [1.82, 2.24) is 4.98 Å². The van der Waals surface area contributed by atoms with Crippen LogP contribution in [0.4, 0.5) is 0 Å². The number of aliphatic hydroxyl groups is 1. The maximum atomic E-state index is 14.4. The van der Waals surface area contributed by atoms with Gasteiger partial charge in [-0.1, -0.05) is 85.0 Å². The summed E-state index contributed by atoms with van der Waals surface area (Å²) in [4.78, 5) is 30.9. The summed E-state index contributed by atoms with van der Waals surface area (Å²) >= 11 is 1.19. The molecule has 2 unspecified atom stereocenters. The number of aromatic nitrogens is 1. The summed E-state index contributed by atoms with van der Waals surface area (Å²) in [6.07, 6.45) is 7.42. The number of benzene rings is 2. The van der Waals surface area contributed by atoms with Crippen molar-refractivity contribution < 1.29 is 24.2 Å². The van der Waals surface area contributed by atoms with Gasteiger partial charge >= 0.3 is 11.9 Å². The second kappa shape index (κ2) is 10.9. The molecule has 0 fully saturated rings. The van der Waals surface area contributed by atoms with Crippen molar-refractivity contribution >= 4 is 23.3 Å². The quantitative estimate of drug-likeness (QED) is 0.304. The predicted molar refractivity (Wildman–Crippen MR) is 151 cm³/mol. The lowest BCUT2D eigenvalue weighted by Gasteiger charge is -2.55. The number of thiazole rings is 1. The minimum absolute atomic E-state index is 0.126. The van der Waals surface area contributed by atoms with Crippen LogP contribution in [0, 0.1) is 5.41 Å². The lowest BCUT2D eigenvalue weighted by molar-refractivity contribution is -0.176. The van der Waals surface area contributed by atoms with E-state index in [1.165, 1.54) is 18.4 Å². The van der Waals surface area contributed by atoms with Gasteiger partial charge in [0, 0.05) is 11.8 Å². The van der Waals surface area contributed by atoms with Gasteiger partial charge in [-0.15, -0.1) is 11.3 Å². The number of nitrogens with zero attached hydrogens (tertiary/aromatic N) is 1. The summed E-state index contributed by atoms with van der Waals surface area (Å²) < 4.78 is 10.9. The molecule has 1 heterocycles. The van der Waals surface area contributed by atoms with Crippen molar-refractivity contribution in [3.05, 3.63) is 112 Å². The van der Waals surface area contributed by atoms with E-state index in [0.29, 0.717) is 16.1 Å². The Morgan fingerprint density at radius 1 is 1.03 bits per heavy atom. The van der Waals surface area contributed by atoms with Crippen molar-refractivity contribution in [2.24, 2.45) is 11.1 Å². The van der Waals surface area contributed by atoms with Crippen LogP contribution < -0.4 is 5.73 Å². The van der Waals surface area contributed by atoms with Crippen LogP contribution in [0.25, 0.3) is 0 Å². The number of methoxy groups -OCH3 is 1. The smallest absolute Gasteiger partial charge is 0.357 e. The molecule has 39 heavy (non-hydrogen) atoms. The molecule has 0 saturated carbocycles. The van der Waals surface area contributed by atoms with E-state index in [0.717, 1.165) is 0 Å². The van der Waals surface area contributed by atoms with E-state index in [1.54, 1.807) is 17.5 Å². The first-order chi connectivity index (χ1) is 18.5. The van der Waals surface area contributed by atoms with E-state index in [9.17, 15) is 14.7 Å². The first-order valence-electron chi connectivity index (χ1n) is 12.7. The van der Waals surface area contributed by atoms with Gasteiger partial charge in [0.2, 0.25) is 0 Å². The van der Waals surface area contributed by atoms with E-state index >= 15 is 0 Å². The van der Waals surface area contributed by atoms with Gasteiger partial charge in [-0.05, 0) is 38.3 Å². The largest absolute Gasteiger partial charge is 0.464 e. The van der Waals surface area contributed by atoms with E-state index in [4.69, 9.17) is 15.2 Å². The number of allylic oxidation sites excluding steroid dienone is 3. The molecule has 0 bridgehead atoms. The molecule has 3 aromatic rings. The Balaban J connectivity index is 2.05. The maximum Gasteiger partial charge on any atom is 0.357 e. The molecule has 4 rings (SSSR count). The summed E-state index contributed by atoms with van der Waals surface area (Å²) in [5.74, 6) is -1.09. The van der Waals surface area contributed by atoms with Gasteiger partial charge in [-0.25, -0.2) is 9.78 Å². The Morgan fingerprint density at radius 2 is 1.62 bits per heavy atom. The Morgan fingerprint density at radius 3 is 2.10 bits per heavy atom. The van der Waals surface area contributed by atoms with Gasteiger partial charge in [0.05, 0.1) is 17.5 Å². The van der Waals surface area contributed by atoms with Crippen LogP contribution in [0.5, 0.6) is 0 Å². The van der Waals surface area contributed by atoms with Crippen LogP contribution in [0.2, 0.25) is 0 Å². The normalized spacial score (nSPS) is 18.8. The van der Waals surface area contributed by atoms with E-state index in [2.05, 4.69) is 4.98 Å². The van der Waals surface area contributed by atoms with Crippen LogP contribution in [0.3, 0.4) is 0 Å². The lowest BCUT2D eigenvalue weighted by Crippen LogP contribution is -2.69. The molecule has 0 amide bonds. The monoisotopic (exact) mass is 546 g/mol. The molecule has 2 atom stereocenters. The van der Waals surface area contributed by atoms with Crippen molar-refractivity contribution in [3.63, 3.8) is 0 Å². The van der Waals surface area contributed by atoms with Gasteiger partial charge in [-0.2, -0.15) is 0 Å². The second-order valence-corrected chi connectivity index (χ2v) is 11.6. The number of hydrogen-bond donors (Lipinski definition) is 2. The van der Waals surface area contributed by atoms with Gasteiger partial charge in [-0.3, -0.25) is 4.79 Å². The molecule has 0 radical (unpaired) electrons. The molecule has 1 aliphatic carbocycles. The Kier molecular flexibility index (Phi) is 7.93. The second-order valence-electron chi connectivity index (χ2n) is 10.7. The molecule has 0 saturated heterocycles. The highest BCUT2D eigenvalue weighted by atomic mass is 32.1. The first kappa shape index (κ1) is 28.4. The molecule has 2 aromatic carbocycles. The fourth-order valence-corrected chi connectivity index (χ4v) is 6.32. The number of rotatable bonds is 8. The van der Waals surface area contributed by atoms with Crippen LogP contribution in [0.1, 0.15) is 53.8 Å². The van der Waals surface area contributed by atoms with Crippen molar-refractivity contribution in [3.8, 4) is 0 Å². The van der Waals surface area contributed by atoms with Crippen LogP contribution >= 0.6 is 11.3 Å². The Bertz CT molecular complexity index is 1330. The highest BCUT2D eigenvalue weighted by Crippen LogP contribution is 2.58. The van der Waals surface area contributed by atoms with Gasteiger partial charge in [0.15, 0.2) is 5.69 Å². The molecule has 1 aliphatic rings. The SMILES string of the molecule is COC(=O)c1csc(CC(N)(O)C(c2ccccc2)(c2ccccc2)C2(C(=O)OC(C)(C)C)C=CC=CC2)n1. The molecule has 204 valence electrons. The summed E-state index contributed by atoms with van der Waals surface area (Å²) in [5, 5.41) is 14.6. The molecule has 8 heteroatoms. The Hall–Kier alpha value is -3.59. The van der Waals surface area contributed by atoms with E-state index in [-0.39, 0.29) is 18.5 Å². The highest BCUT2D eigenvalue weighted by Gasteiger charge is 2.66. The van der Waals surface area contributed by atoms with E-state index in [1.807, 2.05) is 93.6 Å². The molecule has 0 aliphatic heterocycles. The molecule has 1 aromatic heterocycles. The predicted octanol–water partition coefficient (Wildman–Crippen LogP) is 4.95. The average molecular weight is 547 g/mol. The Labute approximate surface area is 233 Å². The zero-order valence-electron chi connectivity index (χ0n) is 22.6. The fraction of sp³-hybridized carbons (Fsp3) is 0.323. The van der Waals surface area contributed by atoms with Crippen molar-refractivity contribution in [2.45, 2.75) is 50.4 Å². The summed E-state index contributed by atoms with van der Waals surface area (Å²) in [6.45, 7) is 5.44. The molecule has 7 nitrogen and oxygen atoms in total. The minimum Gasteiger partial charge on any atom is -0.464 e. The highest BCUT2D eigenvalue weighted by molar-refractivity contribution is 7.09. The third-order valence-corrected chi connectivity index (χ3v) is 7.78. The number of carbonyl (C=O) groups excluding carboxylic acids is 2. The molecule has 0 spiro atoms.